The van der Waals surface area contributed by atoms with Crippen LogP contribution in [-0.4, -0.2) is 19.9 Å². The van der Waals surface area contributed by atoms with Crippen molar-refractivity contribution >= 4 is 38.7 Å². The van der Waals surface area contributed by atoms with E-state index < -0.39 is 0 Å². The fourth-order valence-corrected chi connectivity index (χ4v) is 2.27. The van der Waals surface area contributed by atoms with Crippen molar-refractivity contribution in [3.05, 3.63) is 46.4 Å². The molecule has 3 aromatic rings. The second-order valence-corrected chi connectivity index (χ2v) is 4.78. The Morgan fingerprint density at radius 2 is 1.89 bits per heavy atom. The third kappa shape index (κ3) is 1.95. The summed E-state index contributed by atoms with van der Waals surface area (Å²) in [6.45, 7) is 0. The van der Waals surface area contributed by atoms with Crippen LogP contribution in [0.25, 0.3) is 22.4 Å². The van der Waals surface area contributed by atoms with E-state index in [1.807, 2.05) is 24.3 Å². The molecule has 3 rings (SSSR count). The predicted octanol–water partition coefficient (Wildman–Crippen LogP) is 3.50. The Kier molecular flexibility index (Phi) is 2.93. The normalized spacial score (nSPS) is 10.8. The summed E-state index contributed by atoms with van der Waals surface area (Å²) >= 11 is 9.41. The van der Waals surface area contributed by atoms with Gasteiger partial charge in [-0.05, 0) is 6.07 Å². The Morgan fingerprint density at radius 3 is 2.72 bits per heavy atom. The highest BCUT2D eigenvalue weighted by Gasteiger charge is 2.08. The molecule has 0 fully saturated rings. The van der Waals surface area contributed by atoms with E-state index in [2.05, 4.69) is 35.9 Å². The number of benzene rings is 1. The van der Waals surface area contributed by atoms with E-state index in [1.165, 1.54) is 6.33 Å². The zero-order valence-electron chi connectivity index (χ0n) is 9.01. The molecule has 88 valence electrons. The van der Waals surface area contributed by atoms with E-state index in [1.54, 1.807) is 6.20 Å². The molecule has 0 spiro atoms. The molecule has 6 heteroatoms. The van der Waals surface area contributed by atoms with Crippen LogP contribution >= 0.6 is 27.5 Å². The van der Waals surface area contributed by atoms with Gasteiger partial charge in [-0.25, -0.2) is 19.9 Å². The summed E-state index contributed by atoms with van der Waals surface area (Å²) in [6.07, 6.45) is 3.04. The molecule has 0 bridgehead atoms. The van der Waals surface area contributed by atoms with Crippen molar-refractivity contribution in [2.75, 3.05) is 0 Å². The minimum Gasteiger partial charge on any atom is -0.247 e. The lowest BCUT2D eigenvalue weighted by Gasteiger charge is -2.04. The van der Waals surface area contributed by atoms with Crippen LogP contribution < -0.4 is 0 Å². The first kappa shape index (κ1) is 11.5. The summed E-state index contributed by atoms with van der Waals surface area (Å²) in [5.41, 5.74) is 2.70. The van der Waals surface area contributed by atoms with Crippen LogP contribution in [0.2, 0.25) is 5.15 Å². The number of rotatable bonds is 1. The smallest absolute Gasteiger partial charge is 0.183 e. The van der Waals surface area contributed by atoms with E-state index in [0.29, 0.717) is 16.3 Å². The molecule has 0 aliphatic carbocycles. The minimum absolute atomic E-state index is 0.311. The van der Waals surface area contributed by atoms with Crippen molar-refractivity contribution < 1.29 is 0 Å². The Morgan fingerprint density at radius 1 is 1.06 bits per heavy atom. The second-order valence-electron chi connectivity index (χ2n) is 3.57. The van der Waals surface area contributed by atoms with Gasteiger partial charge in [0.25, 0.3) is 0 Å². The fraction of sp³-hybridized carbons (Fsp3) is 0. The number of fused-ring (bicyclic) bond motifs is 1. The highest BCUT2D eigenvalue weighted by molar-refractivity contribution is 9.10. The Balaban J connectivity index is 2.23. The third-order valence-electron chi connectivity index (χ3n) is 2.45. The summed E-state index contributed by atoms with van der Waals surface area (Å²) in [5, 5.41) is 0.311. The number of hydrogen-bond donors (Lipinski definition) is 0. The number of nitrogens with zero attached hydrogens (tertiary/aromatic N) is 4. The van der Waals surface area contributed by atoms with E-state index >= 15 is 0 Å². The molecular formula is C12H6BrClN4. The van der Waals surface area contributed by atoms with Crippen LogP contribution in [-0.2, 0) is 0 Å². The van der Waals surface area contributed by atoms with Gasteiger partial charge in [-0.1, -0.05) is 45.7 Å². The van der Waals surface area contributed by atoms with E-state index in [0.717, 1.165) is 15.7 Å². The molecule has 2 heterocycles. The van der Waals surface area contributed by atoms with E-state index in [9.17, 15) is 0 Å². The molecule has 0 saturated heterocycles. The van der Waals surface area contributed by atoms with Gasteiger partial charge in [0.2, 0.25) is 0 Å². The number of aromatic nitrogens is 4. The van der Waals surface area contributed by atoms with Crippen molar-refractivity contribution in [3.63, 3.8) is 0 Å². The largest absolute Gasteiger partial charge is 0.247 e. The van der Waals surface area contributed by atoms with E-state index in [-0.39, 0.29) is 0 Å². The van der Waals surface area contributed by atoms with Gasteiger partial charge >= 0.3 is 0 Å². The summed E-state index contributed by atoms with van der Waals surface area (Å²) in [6, 6.07) is 7.80. The maximum Gasteiger partial charge on any atom is 0.183 e. The molecule has 1 aromatic carbocycles. The molecule has 0 amide bonds. The first-order valence-electron chi connectivity index (χ1n) is 5.14. The Bertz CT molecular complexity index is 732. The lowest BCUT2D eigenvalue weighted by atomic mass is 10.2. The molecule has 0 atom stereocenters. The third-order valence-corrected chi connectivity index (χ3v) is 3.42. The second kappa shape index (κ2) is 4.59. The van der Waals surface area contributed by atoms with Crippen molar-refractivity contribution in [1.82, 2.24) is 19.9 Å². The zero-order valence-corrected chi connectivity index (χ0v) is 11.4. The standard InChI is InChI=1S/C12H6BrClN4/c13-8-4-2-1-3-7(8)9-5-15-10-11(14)16-6-17-12(10)18-9/h1-6H. The van der Waals surface area contributed by atoms with Crippen LogP contribution in [0, 0.1) is 0 Å². The van der Waals surface area contributed by atoms with Crippen molar-refractivity contribution in [3.8, 4) is 11.3 Å². The number of halogens is 2. The van der Waals surface area contributed by atoms with Crippen LogP contribution in [0.1, 0.15) is 0 Å². The van der Waals surface area contributed by atoms with Crippen molar-refractivity contribution in [2.24, 2.45) is 0 Å². The molecule has 0 radical (unpaired) electrons. The van der Waals surface area contributed by atoms with Crippen LogP contribution in [0.4, 0.5) is 0 Å². The Labute approximate surface area is 116 Å². The van der Waals surface area contributed by atoms with Gasteiger partial charge in [0.15, 0.2) is 10.8 Å². The maximum atomic E-state index is 5.92. The molecule has 0 N–H and O–H groups in total. The summed E-state index contributed by atoms with van der Waals surface area (Å²) in [5.74, 6) is 0. The monoisotopic (exact) mass is 320 g/mol. The predicted molar refractivity (Wildman–Crippen MR) is 73.3 cm³/mol. The maximum absolute atomic E-state index is 5.92. The van der Waals surface area contributed by atoms with Gasteiger partial charge in [-0.2, -0.15) is 0 Å². The molecular weight excluding hydrogens is 316 g/mol. The van der Waals surface area contributed by atoms with Crippen LogP contribution in [0.3, 0.4) is 0 Å². The summed E-state index contributed by atoms with van der Waals surface area (Å²) in [7, 11) is 0. The average molecular weight is 322 g/mol. The molecule has 0 saturated carbocycles. The van der Waals surface area contributed by atoms with Gasteiger partial charge in [-0.3, -0.25) is 0 Å². The first-order chi connectivity index (χ1) is 8.75. The van der Waals surface area contributed by atoms with Crippen molar-refractivity contribution in [1.29, 1.82) is 0 Å². The SMILES string of the molecule is Clc1ncnc2nc(-c3ccccc3Br)cnc12. The highest BCUT2D eigenvalue weighted by atomic mass is 79.9. The van der Waals surface area contributed by atoms with Crippen LogP contribution in [0.5, 0.6) is 0 Å². The minimum atomic E-state index is 0.311. The molecule has 0 aliphatic heterocycles. The van der Waals surface area contributed by atoms with Gasteiger partial charge in [0.1, 0.15) is 11.8 Å². The molecule has 18 heavy (non-hydrogen) atoms. The molecule has 0 aliphatic rings. The molecule has 0 unspecified atom stereocenters. The zero-order chi connectivity index (χ0) is 12.5. The van der Waals surface area contributed by atoms with Gasteiger partial charge in [0.05, 0.1) is 11.9 Å². The average Bonchev–Trinajstić information content (AvgIpc) is 2.39. The summed E-state index contributed by atoms with van der Waals surface area (Å²) in [4.78, 5) is 16.6. The molecule has 4 nitrogen and oxygen atoms in total. The first-order valence-corrected chi connectivity index (χ1v) is 6.31. The van der Waals surface area contributed by atoms with Crippen molar-refractivity contribution in [2.45, 2.75) is 0 Å². The molecule has 2 aromatic heterocycles. The van der Waals surface area contributed by atoms with Gasteiger partial charge in [0, 0.05) is 10.0 Å². The van der Waals surface area contributed by atoms with Crippen LogP contribution in [0.15, 0.2) is 41.3 Å². The lowest BCUT2D eigenvalue weighted by molar-refractivity contribution is 1.15. The highest BCUT2D eigenvalue weighted by Crippen LogP contribution is 2.27. The fourth-order valence-electron chi connectivity index (χ4n) is 1.61. The lowest BCUT2D eigenvalue weighted by Crippen LogP contribution is -1.93. The van der Waals surface area contributed by atoms with E-state index in [4.69, 9.17) is 11.6 Å². The topological polar surface area (TPSA) is 51.6 Å². The quantitative estimate of drug-likeness (QED) is 0.644. The van der Waals surface area contributed by atoms with Gasteiger partial charge in [-0.15, -0.1) is 0 Å². The van der Waals surface area contributed by atoms with Gasteiger partial charge < -0.3 is 0 Å². The Hall–Kier alpha value is -1.59. The number of hydrogen-bond acceptors (Lipinski definition) is 4. The summed E-state index contributed by atoms with van der Waals surface area (Å²) < 4.78 is 0.957.